The summed E-state index contributed by atoms with van der Waals surface area (Å²) < 4.78 is 11.1. The molecule has 0 saturated carbocycles. The van der Waals surface area contributed by atoms with Crippen LogP contribution in [-0.2, 0) is 30.3 Å². The Labute approximate surface area is 256 Å². The summed E-state index contributed by atoms with van der Waals surface area (Å²) in [5.41, 5.74) is 1.72. The quantitative estimate of drug-likeness (QED) is 0.355. The zero-order valence-electron chi connectivity index (χ0n) is 27.5. The highest BCUT2D eigenvalue weighted by molar-refractivity contribution is 5.94. The second kappa shape index (κ2) is 14.5. The molecule has 2 N–H and O–H groups in total. The van der Waals surface area contributed by atoms with Crippen LogP contribution in [-0.4, -0.2) is 59.1 Å². The maximum Gasteiger partial charge on any atom is 0.408 e. The van der Waals surface area contributed by atoms with Gasteiger partial charge in [0.25, 0.3) is 0 Å². The van der Waals surface area contributed by atoms with Gasteiger partial charge < -0.3 is 25.0 Å². The topological polar surface area (TPSA) is 114 Å². The smallest absolute Gasteiger partial charge is 0.408 e. The molecule has 0 bridgehead atoms. The van der Waals surface area contributed by atoms with E-state index < -0.39 is 53.2 Å². The van der Waals surface area contributed by atoms with Crippen molar-refractivity contribution < 1.29 is 28.7 Å². The standard InChI is InChI=1S/C34H49N3O6/c1-21(2)27(36-32(41)43-34(8,9)10)30(39)37(11)28(25-18-22(3)17-23(4)19-25)29(38)35-26(31(40)42-33(5,6)7)20-24-15-13-12-14-16-24/h12-19,21,26-28H,20H2,1-11H3,(H,35,38)(H,36,41). The maximum absolute atomic E-state index is 14.2. The first kappa shape index (κ1) is 35.3. The summed E-state index contributed by atoms with van der Waals surface area (Å²) in [4.78, 5) is 55.4. The molecule has 0 aliphatic carbocycles. The van der Waals surface area contributed by atoms with Crippen LogP contribution in [0.25, 0.3) is 0 Å². The van der Waals surface area contributed by atoms with Crippen LogP contribution in [0, 0.1) is 19.8 Å². The van der Waals surface area contributed by atoms with E-state index in [9.17, 15) is 19.2 Å². The highest BCUT2D eigenvalue weighted by Crippen LogP contribution is 2.25. The van der Waals surface area contributed by atoms with Crippen molar-refractivity contribution in [3.8, 4) is 0 Å². The molecule has 0 fully saturated rings. The van der Waals surface area contributed by atoms with Crippen molar-refractivity contribution in [1.29, 1.82) is 0 Å². The van der Waals surface area contributed by atoms with E-state index in [1.54, 1.807) is 55.4 Å². The third kappa shape index (κ3) is 11.4. The average Bonchev–Trinajstić information content (AvgIpc) is 2.84. The molecule has 3 amide bonds. The zero-order valence-corrected chi connectivity index (χ0v) is 27.5. The van der Waals surface area contributed by atoms with Gasteiger partial charge in [-0.1, -0.05) is 73.5 Å². The SMILES string of the molecule is Cc1cc(C)cc(C(C(=O)NC(Cc2ccccc2)C(=O)OC(C)(C)C)N(C)C(=O)C(NC(=O)OC(C)(C)C)C(C)C)c1. The lowest BCUT2D eigenvalue weighted by molar-refractivity contribution is -0.159. The number of ether oxygens (including phenoxy) is 2. The van der Waals surface area contributed by atoms with Gasteiger partial charge in [-0.25, -0.2) is 9.59 Å². The normalized spacial score (nSPS) is 13.9. The third-order valence-corrected chi connectivity index (χ3v) is 6.44. The van der Waals surface area contributed by atoms with Gasteiger partial charge in [-0.2, -0.15) is 0 Å². The van der Waals surface area contributed by atoms with Crippen LogP contribution in [0.1, 0.15) is 83.7 Å². The van der Waals surface area contributed by atoms with Gasteiger partial charge in [-0.05, 0) is 72.4 Å². The van der Waals surface area contributed by atoms with Gasteiger partial charge >= 0.3 is 12.1 Å². The third-order valence-electron chi connectivity index (χ3n) is 6.44. The van der Waals surface area contributed by atoms with Crippen LogP contribution in [0.5, 0.6) is 0 Å². The van der Waals surface area contributed by atoms with E-state index in [1.165, 1.54) is 11.9 Å². The van der Waals surface area contributed by atoms with E-state index in [4.69, 9.17) is 9.47 Å². The minimum Gasteiger partial charge on any atom is -0.458 e. The van der Waals surface area contributed by atoms with E-state index in [1.807, 2.05) is 62.4 Å². The monoisotopic (exact) mass is 595 g/mol. The number of esters is 1. The Bertz CT molecular complexity index is 1260. The Balaban J connectivity index is 2.51. The van der Waals surface area contributed by atoms with E-state index in [-0.39, 0.29) is 12.3 Å². The van der Waals surface area contributed by atoms with Crippen molar-refractivity contribution in [2.24, 2.45) is 5.92 Å². The fourth-order valence-corrected chi connectivity index (χ4v) is 4.68. The molecule has 236 valence electrons. The number of carbonyl (C=O) groups excluding carboxylic acids is 4. The number of carbonyl (C=O) groups is 4. The largest absolute Gasteiger partial charge is 0.458 e. The molecule has 2 aromatic rings. The Morgan fingerprint density at radius 2 is 1.35 bits per heavy atom. The lowest BCUT2D eigenvalue weighted by Gasteiger charge is -2.34. The van der Waals surface area contributed by atoms with Crippen molar-refractivity contribution in [1.82, 2.24) is 15.5 Å². The lowest BCUT2D eigenvalue weighted by Crippen LogP contribution is -2.55. The molecule has 0 spiro atoms. The number of rotatable bonds is 10. The van der Waals surface area contributed by atoms with Crippen molar-refractivity contribution in [2.75, 3.05) is 7.05 Å². The lowest BCUT2D eigenvalue weighted by atomic mass is 9.96. The van der Waals surface area contributed by atoms with Crippen molar-refractivity contribution in [2.45, 2.75) is 105 Å². The maximum atomic E-state index is 14.2. The van der Waals surface area contributed by atoms with Gasteiger partial charge in [-0.3, -0.25) is 9.59 Å². The summed E-state index contributed by atoms with van der Waals surface area (Å²) >= 11 is 0. The van der Waals surface area contributed by atoms with Gasteiger partial charge in [0.05, 0.1) is 0 Å². The number of hydrogen-bond acceptors (Lipinski definition) is 6. The molecule has 0 aliphatic heterocycles. The van der Waals surface area contributed by atoms with E-state index in [0.717, 1.165) is 16.7 Å². The number of nitrogens with zero attached hydrogens (tertiary/aromatic N) is 1. The fourth-order valence-electron chi connectivity index (χ4n) is 4.68. The summed E-state index contributed by atoms with van der Waals surface area (Å²) in [6.07, 6.45) is -0.527. The van der Waals surface area contributed by atoms with Gasteiger partial charge in [0.2, 0.25) is 11.8 Å². The number of hydrogen-bond donors (Lipinski definition) is 2. The molecule has 3 atom stereocenters. The molecule has 2 aromatic carbocycles. The van der Waals surface area contributed by atoms with Gasteiger partial charge in [0.15, 0.2) is 0 Å². The minimum atomic E-state index is -1.10. The molecule has 43 heavy (non-hydrogen) atoms. The Hall–Kier alpha value is -3.88. The van der Waals surface area contributed by atoms with E-state index in [0.29, 0.717) is 5.56 Å². The zero-order chi connectivity index (χ0) is 32.7. The first-order valence-corrected chi connectivity index (χ1v) is 14.7. The first-order valence-electron chi connectivity index (χ1n) is 14.7. The number of aryl methyl sites for hydroxylation is 2. The average molecular weight is 596 g/mol. The second-order valence-electron chi connectivity index (χ2n) is 13.4. The highest BCUT2D eigenvalue weighted by atomic mass is 16.6. The summed E-state index contributed by atoms with van der Waals surface area (Å²) in [5.74, 6) is -1.91. The molecular formula is C34H49N3O6. The van der Waals surface area contributed by atoms with E-state index in [2.05, 4.69) is 10.6 Å². The minimum absolute atomic E-state index is 0.202. The number of nitrogens with one attached hydrogen (secondary N) is 2. The molecule has 0 heterocycles. The molecule has 2 rings (SSSR count). The first-order chi connectivity index (χ1) is 19.8. The number of benzene rings is 2. The Morgan fingerprint density at radius 3 is 1.84 bits per heavy atom. The number of alkyl carbamates (subject to hydrolysis) is 1. The second-order valence-corrected chi connectivity index (χ2v) is 13.4. The summed E-state index contributed by atoms with van der Waals surface area (Å²) in [6.45, 7) is 17.9. The van der Waals surface area contributed by atoms with Crippen LogP contribution in [0.3, 0.4) is 0 Å². The van der Waals surface area contributed by atoms with Gasteiger partial charge in [-0.15, -0.1) is 0 Å². The molecule has 0 aliphatic rings. The fraction of sp³-hybridized carbons (Fsp3) is 0.529. The number of amides is 3. The molecule has 9 heteroatoms. The van der Waals surface area contributed by atoms with Gasteiger partial charge in [0, 0.05) is 13.5 Å². The van der Waals surface area contributed by atoms with E-state index >= 15 is 0 Å². The highest BCUT2D eigenvalue weighted by Gasteiger charge is 2.37. The van der Waals surface area contributed by atoms with Crippen LogP contribution < -0.4 is 10.6 Å². The van der Waals surface area contributed by atoms with Crippen LogP contribution in [0.2, 0.25) is 0 Å². The van der Waals surface area contributed by atoms with Crippen LogP contribution >= 0.6 is 0 Å². The predicted octanol–water partition coefficient (Wildman–Crippen LogP) is 5.42. The summed E-state index contributed by atoms with van der Waals surface area (Å²) in [6, 6.07) is 11.9. The Kier molecular flexibility index (Phi) is 11.9. The molecule has 0 aromatic heterocycles. The summed E-state index contributed by atoms with van der Waals surface area (Å²) in [7, 11) is 1.52. The van der Waals surface area contributed by atoms with Crippen LogP contribution in [0.4, 0.5) is 4.79 Å². The molecule has 9 nitrogen and oxygen atoms in total. The van der Waals surface area contributed by atoms with Crippen molar-refractivity contribution in [3.05, 3.63) is 70.8 Å². The molecule has 0 radical (unpaired) electrons. The molecular weight excluding hydrogens is 546 g/mol. The van der Waals surface area contributed by atoms with Gasteiger partial charge in [0.1, 0.15) is 29.3 Å². The summed E-state index contributed by atoms with van der Waals surface area (Å²) in [5, 5.41) is 5.56. The van der Waals surface area contributed by atoms with Crippen molar-refractivity contribution in [3.63, 3.8) is 0 Å². The Morgan fingerprint density at radius 1 is 0.814 bits per heavy atom. The van der Waals surface area contributed by atoms with Crippen molar-refractivity contribution >= 4 is 23.9 Å². The molecule has 3 unspecified atom stereocenters. The predicted molar refractivity (Wildman–Crippen MR) is 167 cm³/mol. The van der Waals surface area contributed by atoms with Crippen LogP contribution in [0.15, 0.2) is 48.5 Å². The number of likely N-dealkylation sites (N-methyl/N-ethyl adjacent to an activating group) is 1. The molecule has 0 saturated heterocycles.